The number of anilines is 1. The topological polar surface area (TPSA) is 86.8 Å². The van der Waals surface area contributed by atoms with Gasteiger partial charge < -0.3 is 10.2 Å². The second kappa shape index (κ2) is 15.7. The lowest BCUT2D eigenvalue weighted by Crippen LogP contribution is -2.50. The number of rotatable bonds is 15. The lowest BCUT2D eigenvalue weighted by molar-refractivity contribution is -0.141. The van der Waals surface area contributed by atoms with Crippen molar-refractivity contribution in [2.45, 2.75) is 58.5 Å². The molecule has 0 aromatic heterocycles. The Labute approximate surface area is 253 Å². The number of hydrogen-bond acceptors (Lipinski definition) is 4. The highest BCUT2D eigenvalue weighted by Gasteiger charge is 2.30. The lowest BCUT2D eigenvalue weighted by Gasteiger charge is -2.32. The van der Waals surface area contributed by atoms with Gasteiger partial charge in [0.2, 0.25) is 21.8 Å². The van der Waals surface area contributed by atoms with Crippen LogP contribution < -0.4 is 9.62 Å². The van der Waals surface area contributed by atoms with E-state index < -0.39 is 21.9 Å². The molecule has 0 radical (unpaired) electrons. The quantitative estimate of drug-likeness (QED) is 0.216. The summed E-state index contributed by atoms with van der Waals surface area (Å²) in [6.45, 7) is 4.47. The van der Waals surface area contributed by atoms with Crippen LogP contribution in [0, 0.1) is 12.7 Å². The van der Waals surface area contributed by atoms with E-state index in [9.17, 15) is 22.4 Å². The third kappa shape index (κ3) is 9.84. The van der Waals surface area contributed by atoms with Crippen LogP contribution in [0.15, 0.2) is 72.8 Å². The normalized spacial score (nSPS) is 12.0. The molecule has 0 spiro atoms. The number of unbranched alkanes of at least 4 members (excludes halogenated alkanes) is 1. The van der Waals surface area contributed by atoms with E-state index >= 15 is 0 Å². The minimum Gasteiger partial charge on any atom is -0.354 e. The van der Waals surface area contributed by atoms with Gasteiger partial charge in [0.1, 0.15) is 11.9 Å². The number of benzene rings is 3. The zero-order valence-electron chi connectivity index (χ0n) is 24.4. The van der Waals surface area contributed by atoms with Crippen molar-refractivity contribution in [2.75, 3.05) is 23.7 Å². The maximum Gasteiger partial charge on any atom is 0.243 e. The molecular formula is C32H39ClFN3O4S. The third-order valence-electron chi connectivity index (χ3n) is 6.96. The lowest BCUT2D eigenvalue weighted by atomic mass is 10.0. The molecule has 0 fully saturated rings. The van der Waals surface area contributed by atoms with Crippen LogP contribution >= 0.6 is 11.6 Å². The third-order valence-corrected chi connectivity index (χ3v) is 8.37. The molecule has 0 unspecified atom stereocenters. The second-order valence-corrected chi connectivity index (χ2v) is 12.7. The van der Waals surface area contributed by atoms with Crippen molar-refractivity contribution in [3.63, 3.8) is 0 Å². The van der Waals surface area contributed by atoms with Crippen molar-refractivity contribution in [3.05, 3.63) is 100 Å². The molecule has 3 rings (SSSR count). The number of amides is 2. The molecule has 10 heteroatoms. The van der Waals surface area contributed by atoms with Crippen LogP contribution in [-0.4, -0.2) is 50.5 Å². The van der Waals surface area contributed by atoms with E-state index in [-0.39, 0.29) is 37.7 Å². The first-order chi connectivity index (χ1) is 20.0. The predicted octanol–water partition coefficient (Wildman–Crippen LogP) is 5.89. The molecule has 3 aromatic carbocycles. The monoisotopic (exact) mass is 615 g/mol. The molecule has 2 amide bonds. The van der Waals surface area contributed by atoms with Crippen LogP contribution in [0.2, 0.25) is 5.02 Å². The summed E-state index contributed by atoms with van der Waals surface area (Å²) in [4.78, 5) is 28.9. The number of carbonyl (C=O) groups is 2. The molecule has 0 bridgehead atoms. The molecule has 42 heavy (non-hydrogen) atoms. The molecule has 0 heterocycles. The molecule has 7 nitrogen and oxygen atoms in total. The Hall–Kier alpha value is -3.43. The van der Waals surface area contributed by atoms with Gasteiger partial charge in [-0.2, -0.15) is 0 Å². The molecule has 1 N–H and O–H groups in total. The summed E-state index contributed by atoms with van der Waals surface area (Å²) < 4.78 is 40.3. The summed E-state index contributed by atoms with van der Waals surface area (Å²) in [5, 5.41) is 3.37. The van der Waals surface area contributed by atoms with E-state index in [1.165, 1.54) is 21.3 Å². The van der Waals surface area contributed by atoms with E-state index in [0.29, 0.717) is 29.2 Å². The molecule has 0 saturated carbocycles. The van der Waals surface area contributed by atoms with Gasteiger partial charge in [0.15, 0.2) is 0 Å². The van der Waals surface area contributed by atoms with E-state index in [2.05, 4.69) is 5.32 Å². The Morgan fingerprint density at radius 3 is 2.31 bits per heavy atom. The van der Waals surface area contributed by atoms with E-state index in [4.69, 9.17) is 11.6 Å². The Kier molecular flexibility index (Phi) is 12.4. The van der Waals surface area contributed by atoms with Crippen molar-refractivity contribution < 1.29 is 22.4 Å². The summed E-state index contributed by atoms with van der Waals surface area (Å²) in [7, 11) is -3.66. The van der Waals surface area contributed by atoms with Crippen LogP contribution in [0.5, 0.6) is 0 Å². The van der Waals surface area contributed by atoms with Crippen molar-refractivity contribution in [1.82, 2.24) is 10.2 Å². The van der Waals surface area contributed by atoms with Crippen molar-refractivity contribution in [3.8, 4) is 0 Å². The fraction of sp³-hybridized carbons (Fsp3) is 0.375. The molecule has 1 atom stereocenters. The average molecular weight is 616 g/mol. The predicted molar refractivity (Wildman–Crippen MR) is 166 cm³/mol. The molecule has 0 saturated heterocycles. The summed E-state index contributed by atoms with van der Waals surface area (Å²) in [5.74, 6) is -0.968. The van der Waals surface area contributed by atoms with E-state index in [1.807, 2.05) is 37.3 Å². The van der Waals surface area contributed by atoms with Gasteiger partial charge in [0.05, 0.1) is 11.9 Å². The minimum atomic E-state index is -3.66. The summed E-state index contributed by atoms with van der Waals surface area (Å²) in [6.07, 6.45) is 3.34. The van der Waals surface area contributed by atoms with Crippen molar-refractivity contribution in [2.24, 2.45) is 0 Å². The Balaban J connectivity index is 1.88. The molecule has 226 valence electrons. The van der Waals surface area contributed by atoms with Gasteiger partial charge in [-0.1, -0.05) is 73.5 Å². The van der Waals surface area contributed by atoms with Gasteiger partial charge >= 0.3 is 0 Å². The molecule has 3 aromatic rings. The highest BCUT2D eigenvalue weighted by molar-refractivity contribution is 7.92. The first kappa shape index (κ1) is 33.1. The highest BCUT2D eigenvalue weighted by Crippen LogP contribution is 2.27. The maximum atomic E-state index is 13.9. The molecule has 0 aliphatic heterocycles. The van der Waals surface area contributed by atoms with Crippen LogP contribution in [0.1, 0.15) is 49.3 Å². The van der Waals surface area contributed by atoms with Crippen LogP contribution in [-0.2, 0) is 32.6 Å². The number of halogens is 2. The number of nitrogens with one attached hydrogen (secondary N) is 1. The minimum absolute atomic E-state index is 0.000355. The Morgan fingerprint density at radius 2 is 1.67 bits per heavy atom. The largest absolute Gasteiger partial charge is 0.354 e. The first-order valence-corrected chi connectivity index (χ1v) is 16.3. The van der Waals surface area contributed by atoms with Crippen molar-refractivity contribution in [1.29, 1.82) is 0 Å². The second-order valence-electron chi connectivity index (χ2n) is 10.4. The van der Waals surface area contributed by atoms with Crippen LogP contribution in [0.25, 0.3) is 0 Å². The number of hydrogen-bond donors (Lipinski definition) is 1. The number of nitrogens with zero attached hydrogens (tertiary/aromatic N) is 2. The molecule has 0 aliphatic carbocycles. The van der Waals surface area contributed by atoms with E-state index in [0.717, 1.165) is 30.2 Å². The van der Waals surface area contributed by atoms with E-state index in [1.54, 1.807) is 37.3 Å². The molecular weight excluding hydrogens is 577 g/mol. The number of sulfonamides is 1. The molecule has 0 aliphatic rings. The standard InChI is InChI=1S/C32H39ClFN3O4S/c1-4-5-19-35-32(39)30(21-25-10-7-6-8-11-25)36(23-26-14-17-28(34)18-15-26)31(38)12-9-20-37(42(3,40)41)29-22-27(33)16-13-24(29)2/h6-8,10-11,13-18,22,30H,4-5,9,12,19-21,23H2,1-3H3,(H,35,39)/t30-/m0/s1. The Bertz CT molecular complexity index is 1440. The highest BCUT2D eigenvalue weighted by atomic mass is 35.5. The average Bonchev–Trinajstić information content (AvgIpc) is 2.95. The van der Waals surface area contributed by atoms with Gasteiger partial charge in [-0.3, -0.25) is 13.9 Å². The SMILES string of the molecule is CCCCNC(=O)[C@H](Cc1ccccc1)N(Cc1ccc(F)cc1)C(=O)CCCN(c1cc(Cl)ccc1C)S(C)(=O)=O. The summed E-state index contributed by atoms with van der Waals surface area (Å²) in [6, 6.07) is 19.5. The fourth-order valence-electron chi connectivity index (χ4n) is 4.68. The van der Waals surface area contributed by atoms with Gasteiger partial charge in [-0.15, -0.1) is 0 Å². The van der Waals surface area contributed by atoms with Crippen LogP contribution in [0.3, 0.4) is 0 Å². The Morgan fingerprint density at radius 1 is 0.976 bits per heavy atom. The smallest absolute Gasteiger partial charge is 0.243 e. The van der Waals surface area contributed by atoms with Crippen LogP contribution in [0.4, 0.5) is 10.1 Å². The van der Waals surface area contributed by atoms with Gasteiger partial charge in [0, 0.05) is 37.5 Å². The first-order valence-electron chi connectivity index (χ1n) is 14.1. The fourth-order valence-corrected chi connectivity index (χ4v) is 5.86. The van der Waals surface area contributed by atoms with Gasteiger partial charge in [0.25, 0.3) is 0 Å². The summed E-state index contributed by atoms with van der Waals surface area (Å²) >= 11 is 6.16. The number of aryl methyl sites for hydroxylation is 1. The summed E-state index contributed by atoms with van der Waals surface area (Å²) in [5.41, 5.74) is 2.76. The van der Waals surface area contributed by atoms with Gasteiger partial charge in [-0.05, 0) is 60.7 Å². The van der Waals surface area contributed by atoms with Gasteiger partial charge in [-0.25, -0.2) is 12.8 Å². The zero-order chi connectivity index (χ0) is 30.7. The maximum absolute atomic E-state index is 13.9. The zero-order valence-corrected chi connectivity index (χ0v) is 25.9. The van der Waals surface area contributed by atoms with Crippen molar-refractivity contribution >= 4 is 39.1 Å². The number of carbonyl (C=O) groups excluding carboxylic acids is 2.